The predicted molar refractivity (Wildman–Crippen MR) is 87.0 cm³/mol. The van der Waals surface area contributed by atoms with Crippen LogP contribution in [0.4, 0.5) is 0 Å². The Balaban J connectivity index is 2.20. The van der Waals surface area contributed by atoms with Gasteiger partial charge in [-0.1, -0.05) is 20.8 Å². The SMILES string of the molecule is CCCNC(C)(CO)CCCN1CCC(C(C)C)CC1. The van der Waals surface area contributed by atoms with E-state index in [0.29, 0.717) is 0 Å². The molecule has 1 aliphatic heterocycles. The maximum Gasteiger partial charge on any atom is 0.0610 e. The zero-order valence-corrected chi connectivity index (χ0v) is 14.1. The molecular weight excluding hydrogens is 248 g/mol. The van der Waals surface area contributed by atoms with Gasteiger partial charge in [-0.3, -0.25) is 0 Å². The first-order valence-electron chi connectivity index (χ1n) is 8.59. The zero-order chi connectivity index (χ0) is 15.0. The van der Waals surface area contributed by atoms with Crippen molar-refractivity contribution in [1.29, 1.82) is 0 Å². The van der Waals surface area contributed by atoms with E-state index in [0.717, 1.165) is 31.2 Å². The van der Waals surface area contributed by atoms with Crippen LogP contribution in [0.2, 0.25) is 0 Å². The second-order valence-corrected chi connectivity index (χ2v) is 7.17. The Kier molecular flexibility index (Phi) is 8.08. The van der Waals surface area contributed by atoms with Gasteiger partial charge in [-0.05, 0) is 77.0 Å². The molecule has 0 spiro atoms. The second-order valence-electron chi connectivity index (χ2n) is 7.17. The normalized spacial score (nSPS) is 21.3. The van der Waals surface area contributed by atoms with Crippen molar-refractivity contribution in [2.75, 3.05) is 32.8 Å². The molecule has 2 N–H and O–H groups in total. The molecule has 0 aliphatic carbocycles. The van der Waals surface area contributed by atoms with Crippen molar-refractivity contribution in [3.63, 3.8) is 0 Å². The van der Waals surface area contributed by atoms with E-state index >= 15 is 0 Å². The number of aliphatic hydroxyl groups excluding tert-OH is 1. The molecule has 0 bridgehead atoms. The highest BCUT2D eigenvalue weighted by Gasteiger charge is 2.24. The topological polar surface area (TPSA) is 35.5 Å². The number of aliphatic hydroxyl groups is 1. The van der Waals surface area contributed by atoms with E-state index in [-0.39, 0.29) is 12.1 Å². The van der Waals surface area contributed by atoms with Crippen LogP contribution in [-0.2, 0) is 0 Å². The van der Waals surface area contributed by atoms with Crippen LogP contribution in [0, 0.1) is 11.8 Å². The lowest BCUT2D eigenvalue weighted by atomic mass is 9.86. The predicted octanol–water partition coefficient (Wildman–Crippen LogP) is 2.89. The third-order valence-corrected chi connectivity index (χ3v) is 4.93. The Morgan fingerprint density at radius 2 is 1.95 bits per heavy atom. The molecule has 1 heterocycles. The van der Waals surface area contributed by atoms with Gasteiger partial charge in [0.25, 0.3) is 0 Å². The number of hydrogen-bond donors (Lipinski definition) is 2. The summed E-state index contributed by atoms with van der Waals surface area (Å²) >= 11 is 0. The Morgan fingerprint density at radius 1 is 1.30 bits per heavy atom. The van der Waals surface area contributed by atoms with E-state index in [2.05, 4.69) is 37.9 Å². The van der Waals surface area contributed by atoms with Crippen molar-refractivity contribution < 1.29 is 5.11 Å². The third-order valence-electron chi connectivity index (χ3n) is 4.93. The number of piperidine rings is 1. The van der Waals surface area contributed by atoms with Gasteiger partial charge in [0, 0.05) is 5.54 Å². The number of rotatable bonds is 9. The van der Waals surface area contributed by atoms with E-state index in [1.54, 1.807) is 0 Å². The van der Waals surface area contributed by atoms with Gasteiger partial charge in [0.2, 0.25) is 0 Å². The van der Waals surface area contributed by atoms with Crippen molar-refractivity contribution in [3.8, 4) is 0 Å². The monoisotopic (exact) mass is 284 g/mol. The molecule has 0 aromatic heterocycles. The Bertz CT molecular complexity index is 249. The number of likely N-dealkylation sites (tertiary alicyclic amines) is 1. The Morgan fingerprint density at radius 3 is 2.45 bits per heavy atom. The summed E-state index contributed by atoms with van der Waals surface area (Å²) in [5.74, 6) is 1.77. The van der Waals surface area contributed by atoms with Crippen LogP contribution < -0.4 is 5.32 Å². The lowest BCUT2D eigenvalue weighted by Gasteiger charge is -2.35. The van der Waals surface area contributed by atoms with E-state index in [9.17, 15) is 5.11 Å². The summed E-state index contributed by atoms with van der Waals surface area (Å²) in [6, 6.07) is 0. The molecule has 1 unspecified atom stereocenters. The molecule has 0 saturated carbocycles. The molecule has 1 fully saturated rings. The van der Waals surface area contributed by atoms with Crippen LogP contribution in [0.5, 0.6) is 0 Å². The summed E-state index contributed by atoms with van der Waals surface area (Å²) in [5, 5.41) is 13.1. The molecule has 3 nitrogen and oxygen atoms in total. The van der Waals surface area contributed by atoms with Gasteiger partial charge >= 0.3 is 0 Å². The molecule has 1 rings (SSSR count). The van der Waals surface area contributed by atoms with Crippen LogP contribution >= 0.6 is 0 Å². The maximum atomic E-state index is 9.57. The summed E-state index contributed by atoms with van der Waals surface area (Å²) in [6.45, 7) is 14.0. The molecule has 1 saturated heterocycles. The van der Waals surface area contributed by atoms with Gasteiger partial charge in [0.15, 0.2) is 0 Å². The summed E-state index contributed by atoms with van der Waals surface area (Å²) in [4.78, 5) is 2.61. The Labute approximate surface area is 126 Å². The highest BCUT2D eigenvalue weighted by molar-refractivity contribution is 4.83. The van der Waals surface area contributed by atoms with Crippen molar-refractivity contribution in [1.82, 2.24) is 10.2 Å². The highest BCUT2D eigenvalue weighted by atomic mass is 16.3. The van der Waals surface area contributed by atoms with Gasteiger partial charge in [-0.25, -0.2) is 0 Å². The van der Waals surface area contributed by atoms with Gasteiger partial charge < -0.3 is 15.3 Å². The molecule has 0 radical (unpaired) electrons. The lowest BCUT2D eigenvalue weighted by Crippen LogP contribution is -2.46. The second kappa shape index (κ2) is 9.01. The minimum Gasteiger partial charge on any atom is -0.394 e. The van der Waals surface area contributed by atoms with Crippen LogP contribution in [-0.4, -0.2) is 48.3 Å². The van der Waals surface area contributed by atoms with Gasteiger partial charge in [0.05, 0.1) is 6.61 Å². The molecule has 120 valence electrons. The number of hydrogen-bond acceptors (Lipinski definition) is 3. The summed E-state index contributed by atoms with van der Waals surface area (Å²) in [6.07, 6.45) is 6.10. The van der Waals surface area contributed by atoms with Crippen LogP contribution in [0.25, 0.3) is 0 Å². The van der Waals surface area contributed by atoms with Crippen molar-refractivity contribution >= 4 is 0 Å². The molecule has 20 heavy (non-hydrogen) atoms. The highest BCUT2D eigenvalue weighted by Crippen LogP contribution is 2.24. The largest absolute Gasteiger partial charge is 0.394 e. The minimum atomic E-state index is -0.0910. The average Bonchev–Trinajstić information content (AvgIpc) is 2.45. The number of nitrogens with zero attached hydrogens (tertiary/aromatic N) is 1. The number of nitrogens with one attached hydrogen (secondary N) is 1. The van der Waals surface area contributed by atoms with Crippen molar-refractivity contribution in [2.45, 2.75) is 65.3 Å². The molecular formula is C17H36N2O. The van der Waals surface area contributed by atoms with Gasteiger partial charge in [-0.2, -0.15) is 0 Å². The summed E-state index contributed by atoms with van der Waals surface area (Å²) < 4.78 is 0. The van der Waals surface area contributed by atoms with Crippen LogP contribution in [0.3, 0.4) is 0 Å². The van der Waals surface area contributed by atoms with Gasteiger partial charge in [-0.15, -0.1) is 0 Å². The summed E-state index contributed by atoms with van der Waals surface area (Å²) in [7, 11) is 0. The smallest absolute Gasteiger partial charge is 0.0610 e. The Hall–Kier alpha value is -0.120. The fourth-order valence-corrected chi connectivity index (χ4v) is 3.19. The van der Waals surface area contributed by atoms with Gasteiger partial charge in [0.1, 0.15) is 0 Å². The molecule has 0 aromatic carbocycles. The van der Waals surface area contributed by atoms with E-state index < -0.39 is 0 Å². The first-order chi connectivity index (χ1) is 9.50. The first kappa shape index (κ1) is 17.9. The van der Waals surface area contributed by atoms with E-state index in [4.69, 9.17) is 0 Å². The quantitative estimate of drug-likeness (QED) is 0.683. The fourth-order valence-electron chi connectivity index (χ4n) is 3.19. The first-order valence-corrected chi connectivity index (χ1v) is 8.59. The van der Waals surface area contributed by atoms with E-state index in [1.165, 1.54) is 38.9 Å². The van der Waals surface area contributed by atoms with Crippen molar-refractivity contribution in [2.24, 2.45) is 11.8 Å². The molecule has 1 aliphatic rings. The summed E-state index contributed by atoms with van der Waals surface area (Å²) in [5.41, 5.74) is -0.0910. The van der Waals surface area contributed by atoms with Crippen molar-refractivity contribution in [3.05, 3.63) is 0 Å². The molecule has 0 aromatic rings. The van der Waals surface area contributed by atoms with Crippen LogP contribution in [0.15, 0.2) is 0 Å². The maximum absolute atomic E-state index is 9.57. The van der Waals surface area contributed by atoms with Crippen LogP contribution in [0.1, 0.15) is 59.8 Å². The zero-order valence-electron chi connectivity index (χ0n) is 14.1. The van der Waals surface area contributed by atoms with E-state index in [1.807, 2.05) is 0 Å². The standard InChI is InChI=1S/C17H36N2O/c1-5-10-18-17(4,14-20)9-6-11-19-12-7-16(8-13-19)15(2)3/h15-16,18,20H,5-14H2,1-4H3. The average molecular weight is 284 g/mol. The molecule has 3 heteroatoms. The lowest BCUT2D eigenvalue weighted by molar-refractivity contribution is 0.135. The molecule has 0 amide bonds. The fraction of sp³-hybridized carbons (Fsp3) is 1.00. The molecule has 1 atom stereocenters. The minimum absolute atomic E-state index is 0.0910. The third kappa shape index (κ3) is 6.11.